The van der Waals surface area contributed by atoms with Gasteiger partial charge in [0.05, 0.1) is 18.9 Å². The number of rotatable bonds is 2. The highest BCUT2D eigenvalue weighted by Gasteiger charge is 2.24. The Morgan fingerprint density at radius 3 is 2.52 bits per heavy atom. The molecule has 4 heteroatoms. The van der Waals surface area contributed by atoms with Crippen molar-refractivity contribution in [2.24, 2.45) is 0 Å². The molecular formula is C21H21N3O. The number of morpholine rings is 1. The summed E-state index contributed by atoms with van der Waals surface area (Å²) < 4.78 is 7.76. The van der Waals surface area contributed by atoms with Gasteiger partial charge in [0.15, 0.2) is 0 Å². The summed E-state index contributed by atoms with van der Waals surface area (Å²) in [5, 5.41) is 3.68. The van der Waals surface area contributed by atoms with Gasteiger partial charge in [0.1, 0.15) is 6.17 Å². The molecule has 25 heavy (non-hydrogen) atoms. The highest BCUT2D eigenvalue weighted by atomic mass is 16.5. The van der Waals surface area contributed by atoms with Crippen LogP contribution in [0.4, 0.5) is 11.4 Å². The van der Waals surface area contributed by atoms with E-state index >= 15 is 0 Å². The Bertz CT molecular complexity index is 878. The second-order valence-corrected chi connectivity index (χ2v) is 6.58. The van der Waals surface area contributed by atoms with E-state index in [0.717, 1.165) is 26.3 Å². The van der Waals surface area contributed by atoms with Gasteiger partial charge in [-0.3, -0.25) is 0 Å². The van der Waals surface area contributed by atoms with Gasteiger partial charge in [-0.1, -0.05) is 30.3 Å². The van der Waals surface area contributed by atoms with Crippen LogP contribution < -0.4 is 10.2 Å². The van der Waals surface area contributed by atoms with Crippen molar-refractivity contribution in [1.29, 1.82) is 0 Å². The third kappa shape index (κ3) is 2.50. The van der Waals surface area contributed by atoms with Crippen molar-refractivity contribution in [3.8, 4) is 11.3 Å². The molecule has 5 rings (SSSR count). The topological polar surface area (TPSA) is 29.4 Å². The summed E-state index contributed by atoms with van der Waals surface area (Å²) in [5.41, 5.74) is 6.25. The number of anilines is 2. The van der Waals surface area contributed by atoms with Crippen LogP contribution in [0.25, 0.3) is 11.3 Å². The summed E-state index contributed by atoms with van der Waals surface area (Å²) in [6, 6.07) is 21.7. The van der Waals surface area contributed by atoms with E-state index in [1.165, 1.54) is 28.2 Å². The molecule has 0 aliphatic carbocycles. The number of nitrogens with one attached hydrogen (secondary N) is 1. The number of benzene rings is 2. The molecule has 2 aliphatic heterocycles. The predicted molar refractivity (Wildman–Crippen MR) is 101 cm³/mol. The number of aromatic nitrogens is 1. The lowest BCUT2D eigenvalue weighted by Gasteiger charge is -2.32. The predicted octanol–water partition coefficient (Wildman–Crippen LogP) is 3.96. The molecule has 0 spiro atoms. The second kappa shape index (κ2) is 5.97. The molecule has 3 heterocycles. The lowest BCUT2D eigenvalue weighted by molar-refractivity contribution is 0.122. The number of ether oxygens (including phenoxy) is 1. The van der Waals surface area contributed by atoms with Gasteiger partial charge in [-0.2, -0.15) is 0 Å². The van der Waals surface area contributed by atoms with E-state index in [0.29, 0.717) is 0 Å². The molecule has 1 aromatic heterocycles. The third-order valence-corrected chi connectivity index (χ3v) is 5.14. The first kappa shape index (κ1) is 14.6. The molecule has 4 nitrogen and oxygen atoms in total. The zero-order chi connectivity index (χ0) is 16.6. The van der Waals surface area contributed by atoms with Crippen LogP contribution in [-0.2, 0) is 4.74 Å². The molecular weight excluding hydrogens is 310 g/mol. The average Bonchev–Trinajstić information content (AvgIpc) is 3.18. The van der Waals surface area contributed by atoms with Crippen LogP contribution in [0.3, 0.4) is 0 Å². The maximum Gasteiger partial charge on any atom is 0.129 e. The zero-order valence-electron chi connectivity index (χ0n) is 14.1. The summed E-state index contributed by atoms with van der Waals surface area (Å²) in [4.78, 5) is 2.39. The van der Waals surface area contributed by atoms with Crippen LogP contribution in [-0.4, -0.2) is 30.9 Å². The fraction of sp³-hybridized carbons (Fsp3) is 0.238. The van der Waals surface area contributed by atoms with E-state index in [1.54, 1.807) is 0 Å². The van der Waals surface area contributed by atoms with Gasteiger partial charge in [-0.25, -0.2) is 0 Å². The Labute approximate surface area is 147 Å². The van der Waals surface area contributed by atoms with E-state index < -0.39 is 0 Å². The van der Waals surface area contributed by atoms with Crippen LogP contribution in [0.15, 0.2) is 66.9 Å². The van der Waals surface area contributed by atoms with E-state index in [9.17, 15) is 0 Å². The second-order valence-electron chi connectivity index (χ2n) is 6.58. The van der Waals surface area contributed by atoms with E-state index in [2.05, 4.69) is 81.6 Å². The molecule has 3 aromatic rings. The lowest BCUT2D eigenvalue weighted by atomic mass is 10.0. The average molecular weight is 331 g/mol. The Kier molecular flexibility index (Phi) is 3.49. The highest BCUT2D eigenvalue weighted by molar-refractivity contribution is 5.78. The quantitative estimate of drug-likeness (QED) is 0.771. The summed E-state index contributed by atoms with van der Waals surface area (Å²) in [7, 11) is 0. The van der Waals surface area contributed by atoms with Gasteiger partial charge in [0.2, 0.25) is 0 Å². The molecule has 1 fully saturated rings. The molecule has 0 unspecified atom stereocenters. The Morgan fingerprint density at radius 1 is 0.880 bits per heavy atom. The normalized spacial score (nSPS) is 19.0. The fourth-order valence-corrected chi connectivity index (χ4v) is 3.83. The van der Waals surface area contributed by atoms with Crippen molar-refractivity contribution in [1.82, 2.24) is 4.57 Å². The fourth-order valence-electron chi connectivity index (χ4n) is 3.83. The molecule has 0 amide bonds. The first-order valence-electron chi connectivity index (χ1n) is 8.85. The summed E-state index contributed by atoms with van der Waals surface area (Å²) in [6.07, 6.45) is 2.28. The first-order valence-corrected chi connectivity index (χ1v) is 8.85. The first-order chi connectivity index (χ1) is 12.4. The van der Waals surface area contributed by atoms with Crippen molar-refractivity contribution < 1.29 is 4.74 Å². The number of para-hydroxylation sites is 1. The van der Waals surface area contributed by atoms with E-state index in [1.807, 2.05) is 0 Å². The molecule has 1 atom stereocenters. The Balaban J connectivity index is 1.48. The minimum Gasteiger partial charge on any atom is -0.378 e. The smallest absolute Gasteiger partial charge is 0.129 e. The Morgan fingerprint density at radius 2 is 1.68 bits per heavy atom. The number of nitrogens with zero attached hydrogens (tertiary/aromatic N) is 2. The lowest BCUT2D eigenvalue weighted by Crippen LogP contribution is -2.36. The summed E-state index contributed by atoms with van der Waals surface area (Å²) in [6.45, 7) is 3.57. The number of hydrogen-bond acceptors (Lipinski definition) is 3. The maximum absolute atomic E-state index is 5.45. The van der Waals surface area contributed by atoms with Gasteiger partial charge in [-0.05, 0) is 35.9 Å². The Hall–Kier alpha value is -2.72. The largest absolute Gasteiger partial charge is 0.378 e. The van der Waals surface area contributed by atoms with E-state index in [4.69, 9.17) is 4.74 Å². The van der Waals surface area contributed by atoms with Crippen molar-refractivity contribution >= 4 is 11.4 Å². The van der Waals surface area contributed by atoms with Crippen molar-refractivity contribution in [2.45, 2.75) is 6.17 Å². The van der Waals surface area contributed by atoms with Crippen LogP contribution >= 0.6 is 0 Å². The monoisotopic (exact) mass is 331 g/mol. The summed E-state index contributed by atoms with van der Waals surface area (Å²) in [5.74, 6) is 0. The molecule has 126 valence electrons. The number of hydrogen-bond donors (Lipinski definition) is 1. The van der Waals surface area contributed by atoms with Crippen molar-refractivity contribution in [3.63, 3.8) is 0 Å². The molecule has 2 aromatic carbocycles. The van der Waals surface area contributed by atoms with Crippen molar-refractivity contribution in [2.75, 3.05) is 36.5 Å². The van der Waals surface area contributed by atoms with Gasteiger partial charge in [0.25, 0.3) is 0 Å². The van der Waals surface area contributed by atoms with Gasteiger partial charge in [-0.15, -0.1) is 0 Å². The minimum absolute atomic E-state index is 0.124. The molecule has 1 saturated heterocycles. The third-order valence-electron chi connectivity index (χ3n) is 5.14. The van der Waals surface area contributed by atoms with Gasteiger partial charge < -0.3 is 19.5 Å². The van der Waals surface area contributed by atoms with Gasteiger partial charge in [0, 0.05) is 36.2 Å². The SMILES string of the molecule is c1ccc2c(c1)N[C@@H](c1ccc(N3CCOCC3)cc1)n1cccc1-2. The standard InChI is InChI=1S/C21H21N3O/c1-2-5-19-18(4-1)20-6-3-11-24(20)21(22-19)16-7-9-17(10-8-16)23-12-14-25-15-13-23/h1-11,21-22H,12-15H2/t21-/m1/s1. The highest BCUT2D eigenvalue weighted by Crippen LogP contribution is 2.38. The zero-order valence-corrected chi connectivity index (χ0v) is 14.1. The molecule has 0 radical (unpaired) electrons. The van der Waals surface area contributed by atoms with Crippen LogP contribution in [0.5, 0.6) is 0 Å². The maximum atomic E-state index is 5.45. The van der Waals surface area contributed by atoms with Crippen LogP contribution in [0.1, 0.15) is 11.7 Å². The van der Waals surface area contributed by atoms with Crippen LogP contribution in [0.2, 0.25) is 0 Å². The molecule has 0 bridgehead atoms. The summed E-state index contributed by atoms with van der Waals surface area (Å²) >= 11 is 0. The van der Waals surface area contributed by atoms with Crippen LogP contribution in [0, 0.1) is 0 Å². The van der Waals surface area contributed by atoms with Gasteiger partial charge >= 0.3 is 0 Å². The number of fused-ring (bicyclic) bond motifs is 3. The molecule has 1 N–H and O–H groups in total. The van der Waals surface area contributed by atoms with Crippen molar-refractivity contribution in [3.05, 3.63) is 72.4 Å². The minimum atomic E-state index is 0.124. The molecule has 0 saturated carbocycles. The van der Waals surface area contributed by atoms with E-state index in [-0.39, 0.29) is 6.17 Å². The molecule has 2 aliphatic rings.